The van der Waals surface area contributed by atoms with Crippen LogP contribution in [0.4, 0.5) is 5.69 Å². The number of nitro benzene ring substituents is 1. The maximum absolute atomic E-state index is 12.6. The highest BCUT2D eigenvalue weighted by molar-refractivity contribution is 5.90. The van der Waals surface area contributed by atoms with Crippen LogP contribution in [-0.2, 0) is 11.3 Å². The van der Waals surface area contributed by atoms with Crippen molar-refractivity contribution in [2.75, 3.05) is 6.61 Å². The van der Waals surface area contributed by atoms with Crippen molar-refractivity contribution in [3.8, 4) is 0 Å². The normalized spacial score (nSPS) is 10.7. The van der Waals surface area contributed by atoms with Gasteiger partial charge in [-0.25, -0.2) is 9.78 Å². The SMILES string of the molecule is Cc1cc(C(=O)OCCn2c(C)nc3ccccc3c2=O)ccc1[N+](=O)[O-]. The van der Waals surface area contributed by atoms with Crippen molar-refractivity contribution in [1.82, 2.24) is 9.55 Å². The summed E-state index contributed by atoms with van der Waals surface area (Å²) in [5.41, 5.74) is 0.963. The van der Waals surface area contributed by atoms with Gasteiger partial charge in [-0.1, -0.05) is 12.1 Å². The Labute approximate surface area is 154 Å². The zero-order valence-electron chi connectivity index (χ0n) is 14.8. The Bertz CT molecular complexity index is 1100. The van der Waals surface area contributed by atoms with E-state index >= 15 is 0 Å². The van der Waals surface area contributed by atoms with Crippen LogP contribution in [0.3, 0.4) is 0 Å². The lowest BCUT2D eigenvalue weighted by Crippen LogP contribution is -2.26. The summed E-state index contributed by atoms with van der Waals surface area (Å²) in [5, 5.41) is 11.3. The highest BCUT2D eigenvalue weighted by Crippen LogP contribution is 2.19. The third kappa shape index (κ3) is 3.69. The Morgan fingerprint density at radius 1 is 1.22 bits per heavy atom. The molecule has 0 bridgehead atoms. The summed E-state index contributed by atoms with van der Waals surface area (Å²) in [4.78, 5) is 39.4. The fraction of sp³-hybridized carbons (Fsp3) is 0.211. The summed E-state index contributed by atoms with van der Waals surface area (Å²) >= 11 is 0. The third-order valence-electron chi connectivity index (χ3n) is 4.23. The molecule has 138 valence electrons. The molecule has 0 unspecified atom stereocenters. The molecular formula is C19H17N3O5. The Hall–Kier alpha value is -3.55. The molecule has 0 fully saturated rings. The van der Waals surface area contributed by atoms with Crippen LogP contribution in [0.5, 0.6) is 0 Å². The summed E-state index contributed by atoms with van der Waals surface area (Å²) in [5.74, 6) is -0.0756. The lowest BCUT2D eigenvalue weighted by Gasteiger charge is -2.11. The fourth-order valence-electron chi connectivity index (χ4n) is 2.84. The van der Waals surface area contributed by atoms with Gasteiger partial charge in [-0.2, -0.15) is 0 Å². The molecule has 3 aromatic rings. The predicted molar refractivity (Wildman–Crippen MR) is 98.9 cm³/mol. The van der Waals surface area contributed by atoms with E-state index in [-0.39, 0.29) is 30.0 Å². The Morgan fingerprint density at radius 2 is 1.96 bits per heavy atom. The molecule has 0 aliphatic rings. The number of benzene rings is 2. The summed E-state index contributed by atoms with van der Waals surface area (Å²) in [7, 11) is 0. The van der Waals surface area contributed by atoms with Crippen LogP contribution in [-0.4, -0.2) is 27.1 Å². The lowest BCUT2D eigenvalue weighted by atomic mass is 10.1. The van der Waals surface area contributed by atoms with Crippen LogP contribution in [0.15, 0.2) is 47.3 Å². The molecule has 3 rings (SSSR count). The van der Waals surface area contributed by atoms with Gasteiger partial charge in [0.1, 0.15) is 12.4 Å². The summed E-state index contributed by atoms with van der Waals surface area (Å²) in [6, 6.07) is 11.1. The molecule has 27 heavy (non-hydrogen) atoms. The number of hydrogen-bond donors (Lipinski definition) is 0. The maximum atomic E-state index is 12.6. The van der Waals surface area contributed by atoms with Crippen LogP contribution in [0, 0.1) is 24.0 Å². The number of carbonyl (C=O) groups is 1. The molecule has 0 aliphatic carbocycles. The Kier molecular flexibility index (Phi) is 4.98. The van der Waals surface area contributed by atoms with E-state index < -0.39 is 10.9 Å². The van der Waals surface area contributed by atoms with Crippen molar-refractivity contribution in [3.63, 3.8) is 0 Å². The van der Waals surface area contributed by atoms with E-state index in [4.69, 9.17) is 4.74 Å². The number of rotatable bonds is 5. The van der Waals surface area contributed by atoms with Gasteiger partial charge in [0.2, 0.25) is 0 Å². The zero-order valence-corrected chi connectivity index (χ0v) is 14.8. The first-order valence-corrected chi connectivity index (χ1v) is 8.27. The Balaban J connectivity index is 1.72. The molecule has 0 radical (unpaired) electrons. The van der Waals surface area contributed by atoms with Gasteiger partial charge in [0.05, 0.1) is 27.9 Å². The molecule has 0 saturated carbocycles. The molecule has 8 nitrogen and oxygen atoms in total. The van der Waals surface area contributed by atoms with E-state index in [0.717, 1.165) is 0 Å². The number of carbonyl (C=O) groups excluding carboxylic acids is 1. The molecule has 8 heteroatoms. The van der Waals surface area contributed by atoms with E-state index in [9.17, 15) is 19.7 Å². The molecule has 0 amide bonds. The van der Waals surface area contributed by atoms with E-state index in [1.54, 1.807) is 32.0 Å². The van der Waals surface area contributed by atoms with Gasteiger partial charge in [-0.05, 0) is 38.1 Å². The second kappa shape index (κ2) is 7.36. The van der Waals surface area contributed by atoms with Crippen LogP contribution >= 0.6 is 0 Å². The predicted octanol–water partition coefficient (Wildman–Crippen LogP) is 2.78. The first-order valence-electron chi connectivity index (χ1n) is 8.27. The number of esters is 1. The van der Waals surface area contributed by atoms with Crippen molar-refractivity contribution in [2.45, 2.75) is 20.4 Å². The van der Waals surface area contributed by atoms with Gasteiger partial charge in [0.25, 0.3) is 11.2 Å². The minimum Gasteiger partial charge on any atom is -0.460 e. The summed E-state index contributed by atoms with van der Waals surface area (Å²) in [6.07, 6.45) is 0. The van der Waals surface area contributed by atoms with Crippen molar-refractivity contribution in [3.05, 3.63) is 79.9 Å². The van der Waals surface area contributed by atoms with Gasteiger partial charge >= 0.3 is 5.97 Å². The number of ether oxygens (including phenoxy) is 1. The minimum absolute atomic E-state index is 0.0182. The highest BCUT2D eigenvalue weighted by Gasteiger charge is 2.15. The number of nitro groups is 1. The molecule has 0 saturated heterocycles. The fourth-order valence-corrected chi connectivity index (χ4v) is 2.84. The molecule has 0 atom stereocenters. The number of nitrogens with zero attached hydrogens (tertiary/aromatic N) is 3. The standard InChI is InChI=1S/C19H17N3O5/c1-12-11-14(7-8-17(12)22(25)26)19(24)27-10-9-21-13(2)20-16-6-4-3-5-15(16)18(21)23/h3-8,11H,9-10H2,1-2H3. The maximum Gasteiger partial charge on any atom is 0.338 e. The van der Waals surface area contributed by atoms with Crippen molar-refractivity contribution < 1.29 is 14.5 Å². The molecule has 2 aromatic carbocycles. The monoisotopic (exact) mass is 367 g/mol. The smallest absolute Gasteiger partial charge is 0.338 e. The molecule has 0 N–H and O–H groups in total. The topological polar surface area (TPSA) is 104 Å². The molecule has 1 aromatic heterocycles. The summed E-state index contributed by atoms with van der Waals surface area (Å²) in [6.45, 7) is 3.42. The number of aromatic nitrogens is 2. The minimum atomic E-state index is -0.604. The van der Waals surface area contributed by atoms with Crippen molar-refractivity contribution >= 4 is 22.6 Å². The molecule has 0 aliphatic heterocycles. The molecule has 1 heterocycles. The first-order chi connectivity index (χ1) is 12.9. The van der Waals surface area contributed by atoms with Crippen LogP contribution in [0.25, 0.3) is 10.9 Å². The zero-order chi connectivity index (χ0) is 19.6. The van der Waals surface area contributed by atoms with Crippen LogP contribution in [0.2, 0.25) is 0 Å². The number of fused-ring (bicyclic) bond motifs is 1. The quantitative estimate of drug-likeness (QED) is 0.390. The number of para-hydroxylation sites is 1. The van der Waals surface area contributed by atoms with Crippen LogP contribution < -0.4 is 5.56 Å². The number of hydrogen-bond acceptors (Lipinski definition) is 6. The van der Waals surface area contributed by atoms with Gasteiger partial charge in [-0.15, -0.1) is 0 Å². The van der Waals surface area contributed by atoms with Gasteiger partial charge in [0, 0.05) is 11.6 Å². The van der Waals surface area contributed by atoms with Crippen LogP contribution in [0.1, 0.15) is 21.7 Å². The van der Waals surface area contributed by atoms with Gasteiger partial charge in [0.15, 0.2) is 0 Å². The second-order valence-electron chi connectivity index (χ2n) is 6.03. The third-order valence-corrected chi connectivity index (χ3v) is 4.23. The van der Waals surface area contributed by atoms with E-state index in [0.29, 0.717) is 22.3 Å². The van der Waals surface area contributed by atoms with Crippen molar-refractivity contribution in [1.29, 1.82) is 0 Å². The van der Waals surface area contributed by atoms with Gasteiger partial charge in [-0.3, -0.25) is 19.5 Å². The molecule has 0 spiro atoms. The van der Waals surface area contributed by atoms with Gasteiger partial charge < -0.3 is 4.74 Å². The van der Waals surface area contributed by atoms with Crippen molar-refractivity contribution in [2.24, 2.45) is 0 Å². The Morgan fingerprint density at radius 3 is 2.67 bits per heavy atom. The largest absolute Gasteiger partial charge is 0.460 e. The summed E-state index contributed by atoms with van der Waals surface area (Å²) < 4.78 is 6.67. The lowest BCUT2D eigenvalue weighted by molar-refractivity contribution is -0.385. The highest BCUT2D eigenvalue weighted by atomic mass is 16.6. The van der Waals surface area contributed by atoms with E-state index in [1.165, 1.54) is 22.8 Å². The average molecular weight is 367 g/mol. The second-order valence-corrected chi connectivity index (χ2v) is 6.03. The van der Waals surface area contributed by atoms with E-state index in [1.807, 2.05) is 6.07 Å². The number of aryl methyl sites for hydroxylation is 2. The average Bonchev–Trinajstić information content (AvgIpc) is 2.63. The first kappa shape index (κ1) is 18.2. The molecular weight excluding hydrogens is 350 g/mol. The van der Waals surface area contributed by atoms with E-state index in [2.05, 4.69) is 4.98 Å².